The number of nitrogens with one attached hydrogen (secondary N) is 1. The Hall–Kier alpha value is -1.94. The first-order valence-electron chi connectivity index (χ1n) is 6.23. The first-order chi connectivity index (χ1) is 9.29. The van der Waals surface area contributed by atoms with Crippen molar-refractivity contribution >= 4 is 27.2 Å². The van der Waals surface area contributed by atoms with Crippen molar-refractivity contribution in [3.05, 3.63) is 47.8 Å². The van der Waals surface area contributed by atoms with Gasteiger partial charge in [-0.15, -0.1) is 11.3 Å². The van der Waals surface area contributed by atoms with Crippen molar-refractivity contribution in [3.63, 3.8) is 0 Å². The van der Waals surface area contributed by atoms with Gasteiger partial charge in [0.15, 0.2) is 0 Å². The maximum atomic E-state index is 13.2. The first kappa shape index (κ1) is 10.9. The summed E-state index contributed by atoms with van der Waals surface area (Å²) < 4.78 is 14.2. The van der Waals surface area contributed by atoms with Crippen LogP contribution in [-0.4, -0.2) is 11.5 Å². The van der Waals surface area contributed by atoms with Crippen LogP contribution in [-0.2, 0) is 6.42 Å². The van der Waals surface area contributed by atoms with Crippen LogP contribution in [0, 0.1) is 5.82 Å². The summed E-state index contributed by atoms with van der Waals surface area (Å²) in [4.78, 5) is 4.52. The lowest BCUT2D eigenvalue weighted by Gasteiger charge is -2.01. The Kier molecular flexibility index (Phi) is 2.32. The van der Waals surface area contributed by atoms with Crippen molar-refractivity contribution in [3.8, 4) is 10.6 Å². The lowest BCUT2D eigenvalue weighted by atomic mass is 10.1. The van der Waals surface area contributed by atoms with Crippen LogP contribution in [0.2, 0.25) is 0 Å². The first-order valence-corrected chi connectivity index (χ1v) is 7.04. The van der Waals surface area contributed by atoms with Crippen LogP contribution < -0.4 is 5.32 Å². The highest BCUT2D eigenvalue weighted by atomic mass is 32.1. The summed E-state index contributed by atoms with van der Waals surface area (Å²) in [5, 5.41) is 4.31. The third-order valence-electron chi connectivity index (χ3n) is 3.42. The molecule has 4 heteroatoms. The minimum atomic E-state index is -0.236. The molecule has 0 aliphatic carbocycles. The largest absolute Gasteiger partial charge is 0.384 e. The Labute approximate surface area is 113 Å². The van der Waals surface area contributed by atoms with E-state index in [1.54, 1.807) is 17.4 Å². The molecule has 1 aromatic heterocycles. The van der Waals surface area contributed by atoms with E-state index >= 15 is 0 Å². The molecule has 0 saturated heterocycles. The molecule has 0 amide bonds. The van der Waals surface area contributed by atoms with Crippen LogP contribution in [0.5, 0.6) is 0 Å². The number of benzene rings is 2. The van der Waals surface area contributed by atoms with E-state index in [4.69, 9.17) is 0 Å². The van der Waals surface area contributed by atoms with Crippen LogP contribution in [0.15, 0.2) is 36.4 Å². The minimum Gasteiger partial charge on any atom is -0.384 e. The number of halogens is 1. The molecule has 0 spiro atoms. The second kappa shape index (κ2) is 4.03. The fourth-order valence-corrected chi connectivity index (χ4v) is 3.39. The zero-order chi connectivity index (χ0) is 12.8. The molecule has 1 aliphatic rings. The molecule has 1 N–H and O–H groups in total. The zero-order valence-electron chi connectivity index (χ0n) is 10.1. The molecule has 0 fully saturated rings. The van der Waals surface area contributed by atoms with Gasteiger partial charge in [0.2, 0.25) is 0 Å². The number of nitrogens with zero attached hydrogens (tertiary/aromatic N) is 1. The number of thiazole rings is 1. The quantitative estimate of drug-likeness (QED) is 0.721. The molecular formula is C15H11FN2S. The molecular weight excluding hydrogens is 259 g/mol. The van der Waals surface area contributed by atoms with Gasteiger partial charge in [-0.05, 0) is 30.2 Å². The standard InChI is InChI=1S/C15H11FN2S/c16-11-3-4-14-13(8-11)18-15(19-14)10-2-1-9-5-6-17-12(9)7-10/h1-4,7-8,17H,5-6H2. The minimum absolute atomic E-state index is 0.236. The van der Waals surface area contributed by atoms with Gasteiger partial charge in [-0.1, -0.05) is 12.1 Å². The zero-order valence-corrected chi connectivity index (χ0v) is 10.9. The number of aromatic nitrogens is 1. The van der Waals surface area contributed by atoms with Crippen molar-refractivity contribution in [2.24, 2.45) is 0 Å². The Bertz CT molecular complexity index is 779. The van der Waals surface area contributed by atoms with Crippen LogP contribution in [0.4, 0.5) is 10.1 Å². The van der Waals surface area contributed by atoms with Crippen LogP contribution in [0.1, 0.15) is 5.56 Å². The summed E-state index contributed by atoms with van der Waals surface area (Å²) in [6.07, 6.45) is 1.08. The predicted octanol–water partition coefficient (Wildman–Crippen LogP) is 4.07. The lowest BCUT2D eigenvalue weighted by molar-refractivity contribution is 0.629. The fraction of sp³-hybridized carbons (Fsp3) is 0.133. The van der Waals surface area contributed by atoms with Gasteiger partial charge in [-0.25, -0.2) is 9.37 Å². The number of fused-ring (bicyclic) bond motifs is 2. The van der Waals surface area contributed by atoms with E-state index < -0.39 is 0 Å². The molecule has 2 heterocycles. The predicted molar refractivity (Wildman–Crippen MR) is 77.2 cm³/mol. The molecule has 0 saturated carbocycles. The number of anilines is 1. The van der Waals surface area contributed by atoms with Gasteiger partial charge in [-0.3, -0.25) is 0 Å². The normalized spacial score (nSPS) is 13.5. The molecule has 0 bridgehead atoms. The Balaban J connectivity index is 1.85. The number of rotatable bonds is 1. The summed E-state index contributed by atoms with van der Waals surface area (Å²) in [5.74, 6) is -0.236. The smallest absolute Gasteiger partial charge is 0.125 e. The van der Waals surface area contributed by atoms with E-state index in [1.807, 2.05) is 0 Å². The Morgan fingerprint density at radius 3 is 3.05 bits per heavy atom. The monoisotopic (exact) mass is 270 g/mol. The molecule has 4 rings (SSSR count). The van der Waals surface area contributed by atoms with Crippen LogP contribution in [0.25, 0.3) is 20.8 Å². The van der Waals surface area contributed by atoms with Gasteiger partial charge in [0.25, 0.3) is 0 Å². The van der Waals surface area contributed by atoms with Crippen molar-refractivity contribution < 1.29 is 4.39 Å². The topological polar surface area (TPSA) is 24.9 Å². The van der Waals surface area contributed by atoms with Crippen LogP contribution in [0.3, 0.4) is 0 Å². The van der Waals surface area contributed by atoms with E-state index in [2.05, 4.69) is 28.5 Å². The van der Waals surface area contributed by atoms with E-state index in [0.717, 1.165) is 33.8 Å². The third kappa shape index (κ3) is 1.79. The van der Waals surface area contributed by atoms with Crippen molar-refractivity contribution in [1.82, 2.24) is 4.98 Å². The van der Waals surface area contributed by atoms with Crippen LogP contribution >= 0.6 is 11.3 Å². The van der Waals surface area contributed by atoms with Gasteiger partial charge in [-0.2, -0.15) is 0 Å². The average molecular weight is 270 g/mol. The summed E-state index contributed by atoms with van der Waals surface area (Å²) in [7, 11) is 0. The van der Waals surface area contributed by atoms with Gasteiger partial charge < -0.3 is 5.32 Å². The highest BCUT2D eigenvalue weighted by Crippen LogP contribution is 2.33. The summed E-state index contributed by atoms with van der Waals surface area (Å²) >= 11 is 1.60. The van der Waals surface area contributed by atoms with Gasteiger partial charge in [0.05, 0.1) is 10.2 Å². The third-order valence-corrected chi connectivity index (χ3v) is 4.50. The molecule has 0 atom stereocenters. The SMILES string of the molecule is Fc1ccc2sc(-c3ccc4c(c3)NCC4)nc2c1. The van der Waals surface area contributed by atoms with E-state index in [-0.39, 0.29) is 5.82 Å². The highest BCUT2D eigenvalue weighted by molar-refractivity contribution is 7.21. The number of hydrogen-bond acceptors (Lipinski definition) is 3. The molecule has 1 aliphatic heterocycles. The molecule has 2 aromatic carbocycles. The van der Waals surface area contributed by atoms with Crippen molar-refractivity contribution in [2.45, 2.75) is 6.42 Å². The van der Waals surface area contributed by atoms with Gasteiger partial charge in [0.1, 0.15) is 10.8 Å². The fourth-order valence-electron chi connectivity index (χ4n) is 2.45. The molecule has 2 nitrogen and oxygen atoms in total. The molecule has 3 aromatic rings. The number of hydrogen-bond donors (Lipinski definition) is 1. The summed E-state index contributed by atoms with van der Waals surface area (Å²) in [6.45, 7) is 1.00. The second-order valence-electron chi connectivity index (χ2n) is 4.68. The lowest BCUT2D eigenvalue weighted by Crippen LogP contribution is -1.90. The van der Waals surface area contributed by atoms with Crippen molar-refractivity contribution in [1.29, 1.82) is 0 Å². The Morgan fingerprint density at radius 2 is 2.11 bits per heavy atom. The maximum absolute atomic E-state index is 13.2. The van der Waals surface area contributed by atoms with E-state index in [0.29, 0.717) is 0 Å². The van der Waals surface area contributed by atoms with E-state index in [9.17, 15) is 4.39 Å². The maximum Gasteiger partial charge on any atom is 0.125 e. The van der Waals surface area contributed by atoms with E-state index in [1.165, 1.54) is 23.4 Å². The average Bonchev–Trinajstić information content (AvgIpc) is 3.02. The molecule has 0 radical (unpaired) electrons. The summed E-state index contributed by atoms with van der Waals surface area (Å²) in [6, 6.07) is 11.1. The Morgan fingerprint density at radius 1 is 1.16 bits per heavy atom. The van der Waals surface area contributed by atoms with Gasteiger partial charge in [0, 0.05) is 23.9 Å². The highest BCUT2D eigenvalue weighted by Gasteiger charge is 2.13. The molecule has 19 heavy (non-hydrogen) atoms. The summed E-state index contributed by atoms with van der Waals surface area (Å²) in [5.41, 5.74) is 4.38. The van der Waals surface area contributed by atoms with Crippen molar-refractivity contribution in [2.75, 3.05) is 11.9 Å². The van der Waals surface area contributed by atoms with Gasteiger partial charge >= 0.3 is 0 Å². The second-order valence-corrected chi connectivity index (χ2v) is 5.71. The molecule has 94 valence electrons. The molecule has 0 unspecified atom stereocenters.